The number of amides is 1. The second kappa shape index (κ2) is 8.16. The van der Waals surface area contributed by atoms with Gasteiger partial charge in [0.15, 0.2) is 11.0 Å². The fourth-order valence-corrected chi connectivity index (χ4v) is 4.73. The van der Waals surface area contributed by atoms with Crippen LogP contribution in [0.4, 0.5) is 5.13 Å². The first-order valence-electron chi connectivity index (χ1n) is 9.99. The number of carbonyl (C=O) groups is 1. The van der Waals surface area contributed by atoms with Crippen LogP contribution in [-0.4, -0.2) is 20.4 Å². The summed E-state index contributed by atoms with van der Waals surface area (Å²) < 4.78 is 1.96. The van der Waals surface area contributed by atoms with E-state index in [4.69, 9.17) is 4.98 Å². The average molecular weight is 425 g/mol. The van der Waals surface area contributed by atoms with Gasteiger partial charge in [-0.2, -0.15) is 0 Å². The van der Waals surface area contributed by atoms with Gasteiger partial charge in [0.2, 0.25) is 5.91 Å². The van der Waals surface area contributed by atoms with Gasteiger partial charge in [-0.1, -0.05) is 84.1 Å². The number of aromatic nitrogens is 3. The van der Waals surface area contributed by atoms with E-state index in [9.17, 15) is 4.79 Å². The van der Waals surface area contributed by atoms with Gasteiger partial charge < -0.3 is 9.88 Å². The molecule has 5 aromatic rings. The van der Waals surface area contributed by atoms with Crippen molar-refractivity contribution in [3.05, 3.63) is 90.8 Å². The lowest BCUT2D eigenvalue weighted by Gasteiger charge is -2.06. The summed E-state index contributed by atoms with van der Waals surface area (Å²) in [6.45, 7) is 0. The van der Waals surface area contributed by atoms with Crippen LogP contribution in [0.1, 0.15) is 5.56 Å². The minimum absolute atomic E-state index is 0.0869. The first-order valence-corrected chi connectivity index (χ1v) is 10.8. The summed E-state index contributed by atoms with van der Waals surface area (Å²) in [6, 6.07) is 24.1. The summed E-state index contributed by atoms with van der Waals surface area (Å²) in [7, 11) is 1.95. The number of anilines is 1. The van der Waals surface area contributed by atoms with E-state index in [1.54, 1.807) is 6.20 Å². The average Bonchev–Trinajstić information content (AvgIpc) is 3.40. The van der Waals surface area contributed by atoms with Gasteiger partial charge in [-0.3, -0.25) is 4.79 Å². The van der Waals surface area contributed by atoms with Crippen molar-refractivity contribution in [3.63, 3.8) is 0 Å². The van der Waals surface area contributed by atoms with Crippen LogP contribution in [0.5, 0.6) is 0 Å². The highest BCUT2D eigenvalue weighted by atomic mass is 32.1. The molecule has 1 N–H and O–H groups in total. The molecule has 0 radical (unpaired) electrons. The van der Waals surface area contributed by atoms with E-state index < -0.39 is 0 Å². The summed E-state index contributed by atoms with van der Waals surface area (Å²) in [6.07, 6.45) is 3.96. The maximum atomic E-state index is 12.9. The van der Waals surface area contributed by atoms with Gasteiger partial charge >= 0.3 is 0 Å². The first-order chi connectivity index (χ1) is 15.2. The molecule has 6 heteroatoms. The number of nitrogens with one attached hydrogen (secondary N) is 1. The number of hydrogen-bond donors (Lipinski definition) is 1. The van der Waals surface area contributed by atoms with Crippen LogP contribution in [0, 0.1) is 0 Å². The summed E-state index contributed by atoms with van der Waals surface area (Å²) in [5.74, 6) is 0.738. The summed E-state index contributed by atoms with van der Waals surface area (Å²) in [4.78, 5) is 23.0. The molecule has 1 amide bonds. The second-order valence-electron chi connectivity index (χ2n) is 7.29. The number of hydrogen-bond acceptors (Lipinski definition) is 4. The van der Waals surface area contributed by atoms with Crippen LogP contribution in [0.3, 0.4) is 0 Å². The molecule has 2 aromatic heterocycles. The Morgan fingerprint density at radius 3 is 2.58 bits per heavy atom. The van der Waals surface area contributed by atoms with Gasteiger partial charge in [-0.25, -0.2) is 9.97 Å². The molecular weight excluding hydrogens is 404 g/mol. The summed E-state index contributed by atoms with van der Waals surface area (Å²) in [5.41, 5.74) is 2.81. The molecule has 5 rings (SSSR count). The maximum Gasteiger partial charge on any atom is 0.230 e. The first kappa shape index (κ1) is 19.2. The number of nitrogens with zero attached hydrogens (tertiary/aromatic N) is 3. The Morgan fingerprint density at radius 2 is 1.77 bits per heavy atom. The highest BCUT2D eigenvalue weighted by Gasteiger charge is 2.19. The molecule has 0 bridgehead atoms. The Hall–Kier alpha value is -3.77. The third kappa shape index (κ3) is 3.85. The molecular formula is C25H20N4OS. The lowest BCUT2D eigenvalue weighted by Crippen LogP contribution is -2.14. The van der Waals surface area contributed by atoms with Crippen molar-refractivity contribution in [2.45, 2.75) is 6.42 Å². The van der Waals surface area contributed by atoms with Crippen LogP contribution in [0.15, 0.2) is 85.2 Å². The quantitative estimate of drug-likeness (QED) is 0.403. The van der Waals surface area contributed by atoms with Crippen LogP contribution in [0.25, 0.3) is 32.7 Å². The molecule has 2 heterocycles. The molecule has 3 aromatic carbocycles. The molecule has 0 unspecified atom stereocenters. The van der Waals surface area contributed by atoms with Gasteiger partial charge in [0.25, 0.3) is 0 Å². The number of carbonyl (C=O) groups excluding carboxylic acids is 1. The zero-order valence-electron chi connectivity index (χ0n) is 16.9. The van der Waals surface area contributed by atoms with Gasteiger partial charge in [-0.15, -0.1) is 0 Å². The molecule has 152 valence electrons. The van der Waals surface area contributed by atoms with E-state index in [2.05, 4.69) is 22.4 Å². The Morgan fingerprint density at radius 1 is 1.00 bits per heavy atom. The number of fused-ring (bicyclic) bond motifs is 1. The predicted molar refractivity (Wildman–Crippen MR) is 126 cm³/mol. The predicted octanol–water partition coefficient (Wildman–Crippen LogP) is 5.55. The van der Waals surface area contributed by atoms with E-state index in [0.717, 1.165) is 38.3 Å². The molecule has 0 spiro atoms. The van der Waals surface area contributed by atoms with E-state index in [-0.39, 0.29) is 5.91 Å². The van der Waals surface area contributed by atoms with Crippen molar-refractivity contribution in [2.75, 3.05) is 5.32 Å². The van der Waals surface area contributed by atoms with Crippen LogP contribution in [-0.2, 0) is 18.3 Å². The van der Waals surface area contributed by atoms with Crippen molar-refractivity contribution >= 4 is 33.1 Å². The molecule has 0 atom stereocenters. The Labute approximate surface area is 184 Å². The van der Waals surface area contributed by atoms with E-state index in [1.165, 1.54) is 11.3 Å². The lowest BCUT2D eigenvalue weighted by atomic mass is 10.0. The molecule has 0 aliphatic carbocycles. The molecule has 5 nitrogen and oxygen atoms in total. The lowest BCUT2D eigenvalue weighted by molar-refractivity contribution is -0.115. The van der Waals surface area contributed by atoms with Gasteiger partial charge in [0.05, 0.1) is 17.0 Å². The van der Waals surface area contributed by atoms with Crippen molar-refractivity contribution < 1.29 is 4.79 Å². The standard InChI is InChI=1S/C25H20N4OS/c1-29-15-14-26-24(29)23-22(18-9-3-2-4-10-18)28-25(31-23)27-21(30)16-19-12-7-11-17-8-5-6-13-20(17)19/h2-15H,16H2,1H3,(H,27,28,30). The van der Waals surface area contributed by atoms with Gasteiger partial charge in [-0.05, 0) is 16.3 Å². The van der Waals surface area contributed by atoms with Crippen molar-refractivity contribution in [2.24, 2.45) is 7.05 Å². The van der Waals surface area contributed by atoms with Crippen molar-refractivity contribution in [1.82, 2.24) is 14.5 Å². The zero-order chi connectivity index (χ0) is 21.2. The van der Waals surface area contributed by atoms with Crippen molar-refractivity contribution in [1.29, 1.82) is 0 Å². The highest BCUT2D eigenvalue weighted by Crippen LogP contribution is 2.38. The molecule has 31 heavy (non-hydrogen) atoms. The number of thiazole rings is 1. The molecule has 0 aliphatic heterocycles. The van der Waals surface area contributed by atoms with Crippen molar-refractivity contribution in [3.8, 4) is 22.0 Å². The molecule has 0 saturated heterocycles. The monoisotopic (exact) mass is 424 g/mol. The van der Waals surface area contributed by atoms with E-state index >= 15 is 0 Å². The Bertz CT molecular complexity index is 1370. The largest absolute Gasteiger partial charge is 0.333 e. The molecule has 0 saturated carbocycles. The van der Waals surface area contributed by atoms with E-state index in [0.29, 0.717) is 11.6 Å². The van der Waals surface area contributed by atoms with Crippen LogP contribution in [0.2, 0.25) is 0 Å². The Balaban J connectivity index is 1.46. The minimum atomic E-state index is -0.0869. The third-order valence-corrected chi connectivity index (χ3v) is 6.14. The normalized spacial score (nSPS) is 11.0. The number of aryl methyl sites for hydroxylation is 1. The fraction of sp³-hybridized carbons (Fsp3) is 0.0800. The molecule has 0 fully saturated rings. The van der Waals surface area contributed by atoms with Crippen LogP contribution >= 0.6 is 11.3 Å². The van der Waals surface area contributed by atoms with Gasteiger partial charge in [0.1, 0.15) is 0 Å². The zero-order valence-corrected chi connectivity index (χ0v) is 17.8. The Kier molecular flexibility index (Phi) is 5.06. The second-order valence-corrected chi connectivity index (χ2v) is 8.29. The SMILES string of the molecule is Cn1ccnc1-c1sc(NC(=O)Cc2cccc3ccccc23)nc1-c1ccccc1. The topological polar surface area (TPSA) is 59.8 Å². The maximum absolute atomic E-state index is 12.9. The van der Waals surface area contributed by atoms with Gasteiger partial charge in [0, 0.05) is 25.0 Å². The molecule has 0 aliphatic rings. The van der Waals surface area contributed by atoms with E-state index in [1.807, 2.05) is 78.5 Å². The highest BCUT2D eigenvalue weighted by molar-refractivity contribution is 7.19. The minimum Gasteiger partial charge on any atom is -0.333 e. The van der Waals surface area contributed by atoms with Crippen LogP contribution < -0.4 is 5.32 Å². The number of benzene rings is 3. The third-order valence-electron chi connectivity index (χ3n) is 5.18. The summed E-state index contributed by atoms with van der Waals surface area (Å²) in [5, 5.41) is 5.80. The number of imidazole rings is 1. The fourth-order valence-electron chi connectivity index (χ4n) is 3.68. The summed E-state index contributed by atoms with van der Waals surface area (Å²) >= 11 is 1.44. The smallest absolute Gasteiger partial charge is 0.230 e. The number of rotatable bonds is 5.